The van der Waals surface area contributed by atoms with E-state index in [1.165, 1.54) is 12.1 Å². The molecule has 0 radical (unpaired) electrons. The Bertz CT molecular complexity index is 1310. The van der Waals surface area contributed by atoms with Crippen LogP contribution in [0.4, 0.5) is 0 Å². The highest BCUT2D eigenvalue weighted by Gasteiger charge is 2.17. The van der Waals surface area contributed by atoms with Crippen molar-refractivity contribution in [1.82, 2.24) is 14.7 Å². The SMILES string of the molecule is CCOc1ccc(S(=O)(=O)c2ccc(CNC(=O)c3ccc4nccn4c3)cc2)cc1. The average Bonchev–Trinajstić information content (AvgIpc) is 3.26. The summed E-state index contributed by atoms with van der Waals surface area (Å²) in [5.74, 6) is 0.404. The Hall–Kier alpha value is -3.65. The van der Waals surface area contributed by atoms with Crippen LogP contribution in [0.2, 0.25) is 0 Å². The zero-order valence-corrected chi connectivity index (χ0v) is 17.7. The predicted octanol–water partition coefficient (Wildman–Crippen LogP) is 3.50. The number of fused-ring (bicyclic) bond motifs is 1. The minimum absolute atomic E-state index is 0.192. The number of hydrogen-bond acceptors (Lipinski definition) is 5. The molecule has 1 amide bonds. The molecular formula is C23H21N3O4S. The number of nitrogens with one attached hydrogen (secondary N) is 1. The van der Waals surface area contributed by atoms with Gasteiger partial charge in [-0.3, -0.25) is 4.79 Å². The monoisotopic (exact) mass is 435 g/mol. The summed E-state index contributed by atoms with van der Waals surface area (Å²) >= 11 is 0. The molecule has 2 aromatic carbocycles. The molecule has 7 nitrogen and oxygen atoms in total. The van der Waals surface area contributed by atoms with Gasteiger partial charge in [-0.05, 0) is 61.0 Å². The third kappa shape index (κ3) is 4.44. The van der Waals surface area contributed by atoms with E-state index in [1.54, 1.807) is 71.5 Å². The molecule has 0 atom stereocenters. The normalized spacial score (nSPS) is 11.4. The molecule has 0 aliphatic carbocycles. The van der Waals surface area contributed by atoms with Crippen LogP contribution in [-0.2, 0) is 16.4 Å². The molecule has 2 aromatic heterocycles. The number of ether oxygens (including phenoxy) is 1. The fraction of sp³-hybridized carbons (Fsp3) is 0.130. The molecule has 0 aliphatic heterocycles. The van der Waals surface area contributed by atoms with Crippen molar-refractivity contribution < 1.29 is 17.9 Å². The van der Waals surface area contributed by atoms with Crippen molar-refractivity contribution in [1.29, 1.82) is 0 Å². The first-order chi connectivity index (χ1) is 15.0. The van der Waals surface area contributed by atoms with Crippen molar-refractivity contribution in [2.75, 3.05) is 6.61 Å². The molecule has 0 unspecified atom stereocenters. The minimum Gasteiger partial charge on any atom is -0.494 e. The molecule has 8 heteroatoms. The number of nitrogens with zero attached hydrogens (tertiary/aromatic N) is 2. The number of carbonyl (C=O) groups excluding carboxylic acids is 1. The summed E-state index contributed by atoms with van der Waals surface area (Å²) in [7, 11) is -3.63. The van der Waals surface area contributed by atoms with Gasteiger partial charge in [-0.15, -0.1) is 0 Å². The van der Waals surface area contributed by atoms with Crippen LogP contribution in [0.1, 0.15) is 22.8 Å². The quantitative estimate of drug-likeness (QED) is 0.480. The number of hydrogen-bond donors (Lipinski definition) is 1. The molecule has 0 bridgehead atoms. The van der Waals surface area contributed by atoms with E-state index in [9.17, 15) is 13.2 Å². The Kier molecular flexibility index (Phi) is 5.73. The second-order valence-corrected chi connectivity index (χ2v) is 8.79. The first kappa shape index (κ1) is 20.6. The van der Waals surface area contributed by atoms with Gasteiger partial charge >= 0.3 is 0 Å². The van der Waals surface area contributed by atoms with E-state index < -0.39 is 9.84 Å². The molecule has 0 aliphatic rings. The molecule has 31 heavy (non-hydrogen) atoms. The third-order valence-corrected chi connectivity index (χ3v) is 6.57. The number of amides is 1. The second kappa shape index (κ2) is 8.61. The van der Waals surface area contributed by atoms with Crippen molar-refractivity contribution in [3.63, 3.8) is 0 Å². The number of sulfone groups is 1. The van der Waals surface area contributed by atoms with Crippen LogP contribution in [0, 0.1) is 0 Å². The molecule has 1 N–H and O–H groups in total. The van der Waals surface area contributed by atoms with E-state index in [4.69, 9.17) is 4.74 Å². The first-order valence-corrected chi connectivity index (χ1v) is 11.2. The highest BCUT2D eigenvalue weighted by Crippen LogP contribution is 2.23. The van der Waals surface area contributed by atoms with Gasteiger partial charge in [0.2, 0.25) is 9.84 Å². The van der Waals surface area contributed by atoms with Crippen LogP contribution < -0.4 is 10.1 Å². The smallest absolute Gasteiger partial charge is 0.253 e. The molecule has 0 saturated heterocycles. The number of carbonyl (C=O) groups is 1. The van der Waals surface area contributed by atoms with Gasteiger partial charge in [-0.25, -0.2) is 13.4 Å². The summed E-state index contributed by atoms with van der Waals surface area (Å²) in [4.78, 5) is 17.0. The van der Waals surface area contributed by atoms with Crippen LogP contribution in [0.3, 0.4) is 0 Å². The van der Waals surface area contributed by atoms with E-state index in [0.717, 1.165) is 11.2 Å². The standard InChI is InChI=1S/C23H21N3O4S/c1-2-30-19-6-10-21(11-7-19)31(28,29)20-8-3-17(4-9-20)15-25-23(27)18-5-12-22-24-13-14-26(22)16-18/h3-14,16H,2,15H2,1H3,(H,25,27). The lowest BCUT2D eigenvalue weighted by Crippen LogP contribution is -2.23. The summed E-state index contributed by atoms with van der Waals surface area (Å²) in [6.07, 6.45) is 5.15. The van der Waals surface area contributed by atoms with Gasteiger partial charge < -0.3 is 14.5 Å². The van der Waals surface area contributed by atoms with Crippen LogP contribution >= 0.6 is 0 Å². The molecule has 4 aromatic rings. The molecular weight excluding hydrogens is 414 g/mol. The van der Waals surface area contributed by atoms with Crippen LogP contribution in [0.15, 0.2) is 89.0 Å². The lowest BCUT2D eigenvalue weighted by molar-refractivity contribution is 0.0950. The Balaban J connectivity index is 1.43. The van der Waals surface area contributed by atoms with E-state index in [2.05, 4.69) is 10.3 Å². The van der Waals surface area contributed by atoms with E-state index in [0.29, 0.717) is 17.9 Å². The van der Waals surface area contributed by atoms with Crippen LogP contribution in [0.25, 0.3) is 5.65 Å². The number of pyridine rings is 1. The summed E-state index contributed by atoms with van der Waals surface area (Å²) in [6.45, 7) is 2.67. The lowest BCUT2D eigenvalue weighted by Gasteiger charge is -2.09. The van der Waals surface area contributed by atoms with Crippen molar-refractivity contribution in [2.24, 2.45) is 0 Å². The van der Waals surface area contributed by atoms with Gasteiger partial charge in [0, 0.05) is 25.1 Å². The minimum atomic E-state index is -3.63. The van der Waals surface area contributed by atoms with Crippen molar-refractivity contribution in [2.45, 2.75) is 23.3 Å². The highest BCUT2D eigenvalue weighted by molar-refractivity contribution is 7.91. The largest absolute Gasteiger partial charge is 0.494 e. The fourth-order valence-electron chi connectivity index (χ4n) is 3.14. The van der Waals surface area contributed by atoms with Crippen molar-refractivity contribution in [3.8, 4) is 5.75 Å². The summed E-state index contributed by atoms with van der Waals surface area (Å²) in [5.41, 5.74) is 2.07. The summed E-state index contributed by atoms with van der Waals surface area (Å²) in [5, 5.41) is 2.84. The maximum absolute atomic E-state index is 12.8. The van der Waals surface area contributed by atoms with E-state index >= 15 is 0 Å². The average molecular weight is 436 g/mol. The Morgan fingerprint density at radius 3 is 2.35 bits per heavy atom. The molecule has 0 saturated carbocycles. The fourth-order valence-corrected chi connectivity index (χ4v) is 4.40. The molecule has 2 heterocycles. The van der Waals surface area contributed by atoms with Gasteiger partial charge in [-0.2, -0.15) is 0 Å². The Morgan fingerprint density at radius 1 is 1.00 bits per heavy atom. The molecule has 0 fully saturated rings. The van der Waals surface area contributed by atoms with Gasteiger partial charge in [0.15, 0.2) is 0 Å². The summed E-state index contributed by atoms with van der Waals surface area (Å²) < 4.78 is 32.8. The summed E-state index contributed by atoms with van der Waals surface area (Å²) in [6, 6.07) is 16.3. The van der Waals surface area contributed by atoms with Gasteiger partial charge in [0.05, 0.1) is 22.0 Å². The predicted molar refractivity (Wildman–Crippen MR) is 116 cm³/mol. The van der Waals surface area contributed by atoms with Crippen molar-refractivity contribution in [3.05, 3.63) is 90.4 Å². The Labute approximate surface area is 180 Å². The number of rotatable bonds is 7. The highest BCUT2D eigenvalue weighted by atomic mass is 32.2. The van der Waals surface area contributed by atoms with Gasteiger partial charge in [-0.1, -0.05) is 12.1 Å². The van der Waals surface area contributed by atoms with Gasteiger partial charge in [0.1, 0.15) is 11.4 Å². The van der Waals surface area contributed by atoms with Crippen molar-refractivity contribution >= 4 is 21.4 Å². The zero-order valence-electron chi connectivity index (χ0n) is 16.9. The second-order valence-electron chi connectivity index (χ2n) is 6.84. The third-order valence-electron chi connectivity index (χ3n) is 4.78. The van der Waals surface area contributed by atoms with Crippen LogP contribution in [-0.4, -0.2) is 30.3 Å². The van der Waals surface area contributed by atoms with E-state index in [-0.39, 0.29) is 22.2 Å². The topological polar surface area (TPSA) is 89.8 Å². The number of imidazole rings is 1. The van der Waals surface area contributed by atoms with Gasteiger partial charge in [0.25, 0.3) is 5.91 Å². The zero-order chi connectivity index (χ0) is 21.8. The molecule has 0 spiro atoms. The van der Waals surface area contributed by atoms with E-state index in [1.807, 2.05) is 6.92 Å². The maximum Gasteiger partial charge on any atom is 0.253 e. The maximum atomic E-state index is 12.8. The number of aromatic nitrogens is 2. The molecule has 158 valence electrons. The lowest BCUT2D eigenvalue weighted by atomic mass is 10.2. The molecule has 4 rings (SSSR count). The Morgan fingerprint density at radius 2 is 1.68 bits per heavy atom. The number of benzene rings is 2. The first-order valence-electron chi connectivity index (χ1n) is 9.75. The van der Waals surface area contributed by atoms with Crippen LogP contribution in [0.5, 0.6) is 5.75 Å².